The van der Waals surface area contributed by atoms with Crippen molar-refractivity contribution in [3.63, 3.8) is 0 Å². The summed E-state index contributed by atoms with van der Waals surface area (Å²) in [5, 5.41) is 0. The number of nitrogens with zero attached hydrogens (tertiary/aromatic N) is 3. The summed E-state index contributed by atoms with van der Waals surface area (Å²) in [5.41, 5.74) is 1.16. The predicted molar refractivity (Wildman–Crippen MR) is 129 cm³/mol. The fourth-order valence-electron chi connectivity index (χ4n) is 3.23. The maximum atomic E-state index is 13.4. The molecule has 182 valence electrons. The van der Waals surface area contributed by atoms with Gasteiger partial charge in [-0.1, -0.05) is 26.7 Å². The molecule has 0 aliphatic rings. The lowest BCUT2D eigenvalue weighted by molar-refractivity contribution is 0.0810. The smallest absolute Gasteiger partial charge is 0.274 e. The Bertz CT molecular complexity index is 881. The van der Waals surface area contributed by atoms with Gasteiger partial charge in [0.05, 0.1) is 20.3 Å². The van der Waals surface area contributed by atoms with Crippen molar-refractivity contribution in [3.05, 3.63) is 35.7 Å². The fourth-order valence-corrected chi connectivity index (χ4v) is 3.23. The molecule has 0 bridgehead atoms. The normalized spacial score (nSPS) is 10.6. The lowest BCUT2D eigenvalue weighted by Gasteiger charge is -2.18. The van der Waals surface area contributed by atoms with Crippen LogP contribution in [0.3, 0.4) is 0 Å². The number of methoxy groups -OCH3 is 1. The number of hydrogen-bond donors (Lipinski definition) is 0. The third-order valence-corrected chi connectivity index (χ3v) is 5.12. The molecule has 33 heavy (non-hydrogen) atoms. The molecule has 0 unspecified atom stereocenters. The third-order valence-electron chi connectivity index (χ3n) is 5.12. The van der Waals surface area contributed by atoms with Crippen molar-refractivity contribution in [2.45, 2.75) is 39.5 Å². The molecule has 0 radical (unpaired) electrons. The number of unbranched alkanes of at least 4 members (excludes halogenated alkanes) is 2. The molecule has 2 rings (SSSR count). The van der Waals surface area contributed by atoms with Gasteiger partial charge in [0.1, 0.15) is 5.75 Å². The fraction of sp³-hybridized carbons (Fsp3) is 0.520. The summed E-state index contributed by atoms with van der Waals surface area (Å²) in [4.78, 5) is 29.8. The highest BCUT2D eigenvalue weighted by Gasteiger charge is 2.35. The Morgan fingerprint density at radius 2 is 1.21 bits per heavy atom. The van der Waals surface area contributed by atoms with Crippen molar-refractivity contribution in [1.82, 2.24) is 14.4 Å². The van der Waals surface area contributed by atoms with Gasteiger partial charge in [0.25, 0.3) is 11.8 Å². The number of carbonyl (C=O) groups is 2. The first kappa shape index (κ1) is 26.1. The van der Waals surface area contributed by atoms with Gasteiger partial charge in [-0.2, -0.15) is 0 Å². The highest BCUT2D eigenvalue weighted by Crippen LogP contribution is 2.42. The van der Waals surface area contributed by atoms with Crippen molar-refractivity contribution in [2.75, 3.05) is 48.5 Å². The quantitative estimate of drug-likeness (QED) is 0.444. The van der Waals surface area contributed by atoms with E-state index in [4.69, 9.17) is 14.2 Å². The molecular formula is C25H37N3O5. The van der Waals surface area contributed by atoms with E-state index < -0.39 is 0 Å². The molecule has 0 aliphatic heterocycles. The third kappa shape index (κ3) is 6.00. The SMILES string of the molecule is CCCCOc1c(OCCCC)c(C(=O)N(C)C)n(-c2ccc(OC)cc2)c1C(=O)N(C)C. The van der Waals surface area contributed by atoms with Gasteiger partial charge in [-0.15, -0.1) is 0 Å². The van der Waals surface area contributed by atoms with E-state index in [0.29, 0.717) is 36.1 Å². The van der Waals surface area contributed by atoms with Gasteiger partial charge in [-0.25, -0.2) is 0 Å². The first-order chi connectivity index (χ1) is 15.8. The van der Waals surface area contributed by atoms with E-state index in [1.165, 1.54) is 9.80 Å². The predicted octanol–water partition coefficient (Wildman–Crippen LogP) is 4.25. The van der Waals surface area contributed by atoms with Crippen molar-refractivity contribution < 1.29 is 23.8 Å². The first-order valence-electron chi connectivity index (χ1n) is 11.4. The molecule has 0 atom stereocenters. The van der Waals surface area contributed by atoms with Crippen LogP contribution in [-0.2, 0) is 0 Å². The number of carbonyl (C=O) groups excluding carboxylic acids is 2. The van der Waals surface area contributed by atoms with Crippen LogP contribution in [0.15, 0.2) is 24.3 Å². The van der Waals surface area contributed by atoms with Crippen LogP contribution in [0.2, 0.25) is 0 Å². The average molecular weight is 460 g/mol. The Balaban J connectivity index is 2.88. The van der Waals surface area contributed by atoms with Gasteiger partial charge in [-0.3, -0.25) is 14.2 Å². The largest absolute Gasteiger partial charge is 0.497 e. The second-order valence-corrected chi connectivity index (χ2v) is 8.19. The number of rotatable bonds is 12. The molecule has 0 N–H and O–H groups in total. The summed E-state index contributed by atoms with van der Waals surface area (Å²) in [6, 6.07) is 7.20. The zero-order valence-electron chi connectivity index (χ0n) is 20.9. The summed E-state index contributed by atoms with van der Waals surface area (Å²) in [7, 11) is 8.29. The molecular weight excluding hydrogens is 422 g/mol. The van der Waals surface area contributed by atoms with E-state index in [0.717, 1.165) is 25.7 Å². The van der Waals surface area contributed by atoms with Crippen LogP contribution in [0.25, 0.3) is 5.69 Å². The van der Waals surface area contributed by atoms with Crippen molar-refractivity contribution >= 4 is 11.8 Å². The van der Waals surface area contributed by atoms with Crippen molar-refractivity contribution in [1.29, 1.82) is 0 Å². The minimum atomic E-state index is -0.282. The minimum Gasteiger partial charge on any atom is -0.497 e. The lowest BCUT2D eigenvalue weighted by atomic mass is 10.2. The molecule has 1 aromatic carbocycles. The zero-order chi connectivity index (χ0) is 24.5. The van der Waals surface area contributed by atoms with Gasteiger partial charge < -0.3 is 24.0 Å². The molecule has 0 aliphatic carbocycles. The molecule has 0 spiro atoms. The van der Waals surface area contributed by atoms with E-state index >= 15 is 0 Å². The van der Waals surface area contributed by atoms with Crippen LogP contribution in [-0.4, -0.2) is 74.7 Å². The highest BCUT2D eigenvalue weighted by molar-refractivity contribution is 6.04. The van der Waals surface area contributed by atoms with Crippen molar-refractivity contribution in [3.8, 4) is 22.9 Å². The second-order valence-electron chi connectivity index (χ2n) is 8.19. The van der Waals surface area contributed by atoms with Gasteiger partial charge >= 0.3 is 0 Å². The maximum absolute atomic E-state index is 13.4. The molecule has 1 heterocycles. The second kappa shape index (κ2) is 12.2. The zero-order valence-corrected chi connectivity index (χ0v) is 20.9. The Morgan fingerprint density at radius 3 is 1.55 bits per heavy atom. The van der Waals surface area contributed by atoms with Crippen molar-refractivity contribution in [2.24, 2.45) is 0 Å². The first-order valence-corrected chi connectivity index (χ1v) is 11.4. The average Bonchev–Trinajstić information content (AvgIpc) is 3.12. The Kier molecular flexibility index (Phi) is 9.63. The highest BCUT2D eigenvalue weighted by atomic mass is 16.5. The van der Waals surface area contributed by atoms with Crippen LogP contribution >= 0.6 is 0 Å². The van der Waals surface area contributed by atoms with Crippen LogP contribution in [0.4, 0.5) is 0 Å². The van der Waals surface area contributed by atoms with Crippen LogP contribution < -0.4 is 14.2 Å². The van der Waals surface area contributed by atoms with Gasteiger partial charge in [0.15, 0.2) is 22.9 Å². The van der Waals surface area contributed by atoms with Crippen LogP contribution in [0, 0.1) is 0 Å². The number of ether oxygens (including phenoxy) is 3. The summed E-state index contributed by atoms with van der Waals surface area (Å²) in [6.07, 6.45) is 3.50. The molecule has 0 saturated heterocycles. The van der Waals surface area contributed by atoms with E-state index in [1.807, 2.05) is 12.1 Å². The summed E-state index contributed by atoms with van der Waals surface area (Å²) in [6.45, 7) is 4.96. The van der Waals surface area contributed by atoms with E-state index in [-0.39, 0.29) is 23.2 Å². The molecule has 1 aromatic heterocycles. The van der Waals surface area contributed by atoms with E-state index in [9.17, 15) is 9.59 Å². The molecule has 2 aromatic rings. The van der Waals surface area contributed by atoms with Gasteiger partial charge in [-0.05, 0) is 37.1 Å². The topological polar surface area (TPSA) is 73.2 Å². The number of hydrogen-bond acceptors (Lipinski definition) is 5. The summed E-state index contributed by atoms with van der Waals surface area (Å²) < 4.78 is 19.2. The Morgan fingerprint density at radius 1 is 0.788 bits per heavy atom. The Hall–Kier alpha value is -3.16. The summed E-state index contributed by atoms with van der Waals surface area (Å²) >= 11 is 0. The van der Waals surface area contributed by atoms with E-state index in [2.05, 4.69) is 13.8 Å². The Labute approximate surface area is 197 Å². The summed E-state index contributed by atoms with van der Waals surface area (Å²) in [5.74, 6) is 0.718. The van der Waals surface area contributed by atoms with Gasteiger partial charge in [0.2, 0.25) is 0 Å². The molecule has 2 amide bonds. The number of benzene rings is 1. The van der Waals surface area contributed by atoms with Crippen LogP contribution in [0.5, 0.6) is 17.2 Å². The molecule has 0 fully saturated rings. The van der Waals surface area contributed by atoms with Gasteiger partial charge in [0, 0.05) is 33.9 Å². The molecule has 0 saturated carbocycles. The van der Waals surface area contributed by atoms with E-state index in [1.54, 1.807) is 52.0 Å². The number of aromatic nitrogens is 1. The monoisotopic (exact) mass is 459 g/mol. The minimum absolute atomic E-state index is 0.262. The molecule has 8 nitrogen and oxygen atoms in total. The maximum Gasteiger partial charge on any atom is 0.274 e. The number of amides is 2. The van der Waals surface area contributed by atoms with Crippen LogP contribution in [0.1, 0.15) is 60.5 Å². The lowest BCUT2D eigenvalue weighted by Crippen LogP contribution is -2.28. The standard InChI is InChI=1S/C25H37N3O5/c1-8-10-16-32-22-20(24(29)26(3)4)28(18-12-14-19(31-7)15-13-18)21(25(30)27(5)6)23(22)33-17-11-9-2/h12-15H,8-11,16-17H2,1-7H3. The molecule has 8 heteroatoms.